The fraction of sp³-hybridized carbons (Fsp3) is 0.310. The van der Waals surface area contributed by atoms with Crippen LogP contribution in [-0.2, 0) is 28.3 Å². The van der Waals surface area contributed by atoms with Crippen LogP contribution in [0.4, 0.5) is 0 Å². The average Bonchev–Trinajstić information content (AvgIpc) is 2.84. The topological polar surface area (TPSA) is 49.4 Å². The molecule has 0 aliphatic rings. The highest BCUT2D eigenvalue weighted by Gasteiger charge is 2.30. The summed E-state index contributed by atoms with van der Waals surface area (Å²) < 4.78 is 0. The number of rotatable bonds is 11. The number of thioether (sulfide) groups is 1. The molecular weight excluding hydrogens is 511 g/mol. The standard InChI is InChI=1S/C29H32Cl2N2O2S/c1-20(2)32-29(35)27(16-22-8-5-4-6-9-22)33(17-23-14-12-21(3)13-15-23)28(34)19-36-18-24-25(30)10-7-11-26(24)31/h4-15,20,27H,16-19H2,1-3H3,(H,32,35)/t27-/m0/s1. The minimum absolute atomic E-state index is 0.0381. The summed E-state index contributed by atoms with van der Waals surface area (Å²) in [6.07, 6.45) is 0.429. The van der Waals surface area contributed by atoms with Gasteiger partial charge in [-0.05, 0) is 49.6 Å². The first kappa shape index (κ1) is 28.1. The van der Waals surface area contributed by atoms with Crippen LogP contribution in [0.2, 0.25) is 10.0 Å². The van der Waals surface area contributed by atoms with Crippen molar-refractivity contribution in [3.05, 3.63) is 105 Å². The van der Waals surface area contributed by atoms with Gasteiger partial charge in [-0.2, -0.15) is 0 Å². The zero-order valence-electron chi connectivity index (χ0n) is 20.8. The molecule has 0 spiro atoms. The SMILES string of the molecule is Cc1ccc(CN(C(=O)CSCc2c(Cl)cccc2Cl)[C@@H](Cc2ccccc2)C(=O)NC(C)C)cc1. The predicted octanol–water partition coefficient (Wildman–Crippen LogP) is 6.70. The van der Waals surface area contributed by atoms with Gasteiger partial charge in [-0.3, -0.25) is 9.59 Å². The molecule has 0 aromatic heterocycles. The van der Waals surface area contributed by atoms with E-state index in [0.717, 1.165) is 22.3 Å². The third kappa shape index (κ3) is 8.29. The Kier molecular flexibility index (Phi) is 10.7. The van der Waals surface area contributed by atoms with Gasteiger partial charge in [0, 0.05) is 34.8 Å². The first-order valence-electron chi connectivity index (χ1n) is 11.9. The normalized spacial score (nSPS) is 11.8. The van der Waals surface area contributed by atoms with Crippen molar-refractivity contribution >= 4 is 46.8 Å². The summed E-state index contributed by atoms with van der Waals surface area (Å²) in [5, 5.41) is 4.18. The number of hydrogen-bond donors (Lipinski definition) is 1. The van der Waals surface area contributed by atoms with Crippen molar-refractivity contribution in [2.45, 2.75) is 51.6 Å². The predicted molar refractivity (Wildman–Crippen MR) is 152 cm³/mol. The number of benzene rings is 3. The van der Waals surface area contributed by atoms with Crippen molar-refractivity contribution in [3.63, 3.8) is 0 Å². The number of nitrogens with one attached hydrogen (secondary N) is 1. The lowest BCUT2D eigenvalue weighted by molar-refractivity contribution is -0.139. The van der Waals surface area contributed by atoms with Crippen LogP contribution in [-0.4, -0.2) is 34.6 Å². The van der Waals surface area contributed by atoms with Gasteiger partial charge in [-0.1, -0.05) is 89.4 Å². The van der Waals surface area contributed by atoms with Crippen molar-refractivity contribution in [1.82, 2.24) is 10.2 Å². The lowest BCUT2D eigenvalue weighted by Gasteiger charge is -2.32. The number of hydrogen-bond acceptors (Lipinski definition) is 3. The van der Waals surface area contributed by atoms with Crippen molar-refractivity contribution in [2.24, 2.45) is 0 Å². The van der Waals surface area contributed by atoms with Gasteiger partial charge >= 0.3 is 0 Å². The second-order valence-electron chi connectivity index (χ2n) is 9.07. The van der Waals surface area contributed by atoms with E-state index in [1.54, 1.807) is 23.1 Å². The van der Waals surface area contributed by atoms with Crippen molar-refractivity contribution in [1.29, 1.82) is 0 Å². The van der Waals surface area contributed by atoms with Crippen molar-refractivity contribution in [2.75, 3.05) is 5.75 Å². The van der Waals surface area contributed by atoms with Crippen LogP contribution in [0, 0.1) is 6.92 Å². The first-order chi connectivity index (χ1) is 17.2. The maximum Gasteiger partial charge on any atom is 0.243 e. The molecule has 0 aliphatic heterocycles. The summed E-state index contributed by atoms with van der Waals surface area (Å²) in [4.78, 5) is 28.7. The molecule has 190 valence electrons. The summed E-state index contributed by atoms with van der Waals surface area (Å²) in [6, 6.07) is 22.6. The number of carbonyl (C=O) groups is 2. The number of halogens is 2. The van der Waals surface area contributed by atoms with Gasteiger partial charge in [0.05, 0.1) is 5.75 Å². The van der Waals surface area contributed by atoms with E-state index >= 15 is 0 Å². The molecule has 7 heteroatoms. The van der Waals surface area contributed by atoms with Gasteiger partial charge in [0.15, 0.2) is 0 Å². The van der Waals surface area contributed by atoms with Gasteiger partial charge in [0.2, 0.25) is 11.8 Å². The molecule has 0 bridgehead atoms. The molecular formula is C29H32Cl2N2O2S. The highest BCUT2D eigenvalue weighted by Crippen LogP contribution is 2.28. The Morgan fingerprint density at radius 1 is 0.889 bits per heavy atom. The molecule has 0 saturated heterocycles. The molecule has 3 rings (SSSR count). The number of carbonyl (C=O) groups excluding carboxylic acids is 2. The summed E-state index contributed by atoms with van der Waals surface area (Å²) in [5.74, 6) is 0.440. The van der Waals surface area contributed by atoms with Crippen molar-refractivity contribution in [3.8, 4) is 0 Å². The Hall–Kier alpha value is -2.47. The first-order valence-corrected chi connectivity index (χ1v) is 13.9. The molecule has 36 heavy (non-hydrogen) atoms. The zero-order valence-corrected chi connectivity index (χ0v) is 23.2. The van der Waals surface area contributed by atoms with Crippen molar-refractivity contribution < 1.29 is 9.59 Å². The van der Waals surface area contributed by atoms with Crippen LogP contribution >= 0.6 is 35.0 Å². The molecule has 3 aromatic carbocycles. The molecule has 0 aliphatic carbocycles. The van der Waals surface area contributed by atoms with Gasteiger partial charge in [0.1, 0.15) is 6.04 Å². The molecule has 3 aromatic rings. The van der Waals surface area contributed by atoms with E-state index in [-0.39, 0.29) is 23.6 Å². The number of aryl methyl sites for hydroxylation is 1. The molecule has 0 radical (unpaired) electrons. The molecule has 0 unspecified atom stereocenters. The third-order valence-electron chi connectivity index (χ3n) is 5.71. The van der Waals surface area contributed by atoms with E-state index in [9.17, 15) is 9.59 Å². The van der Waals surface area contributed by atoms with E-state index in [4.69, 9.17) is 23.2 Å². The summed E-state index contributed by atoms with van der Waals surface area (Å²) >= 11 is 14.1. The lowest BCUT2D eigenvalue weighted by atomic mass is 10.0. The lowest BCUT2D eigenvalue weighted by Crippen LogP contribution is -2.52. The maximum atomic E-state index is 13.7. The van der Waals surface area contributed by atoms with E-state index in [1.807, 2.05) is 75.4 Å². The van der Waals surface area contributed by atoms with Crippen LogP contribution in [0.5, 0.6) is 0 Å². The maximum absolute atomic E-state index is 13.7. The highest BCUT2D eigenvalue weighted by molar-refractivity contribution is 7.99. The van der Waals surface area contributed by atoms with Crippen LogP contribution in [0.25, 0.3) is 0 Å². The van der Waals surface area contributed by atoms with Gasteiger partial charge in [-0.15, -0.1) is 11.8 Å². The Labute approximate surface area is 228 Å². The fourth-order valence-electron chi connectivity index (χ4n) is 3.82. The Morgan fingerprint density at radius 2 is 1.53 bits per heavy atom. The van der Waals surface area contributed by atoms with Gasteiger partial charge < -0.3 is 10.2 Å². The summed E-state index contributed by atoms with van der Waals surface area (Å²) in [7, 11) is 0. The molecule has 0 saturated carbocycles. The fourth-order valence-corrected chi connectivity index (χ4v) is 5.47. The minimum Gasteiger partial charge on any atom is -0.352 e. The molecule has 0 heterocycles. The minimum atomic E-state index is -0.645. The number of amides is 2. The Balaban J connectivity index is 1.86. The van der Waals surface area contributed by atoms with Gasteiger partial charge in [0.25, 0.3) is 0 Å². The van der Waals surface area contributed by atoms with Crippen LogP contribution in [0.15, 0.2) is 72.8 Å². The summed E-state index contributed by atoms with van der Waals surface area (Å²) in [6.45, 7) is 6.21. The molecule has 1 atom stereocenters. The summed E-state index contributed by atoms with van der Waals surface area (Å²) in [5.41, 5.74) is 3.92. The van der Waals surface area contributed by atoms with E-state index in [0.29, 0.717) is 28.8 Å². The molecule has 2 amide bonds. The Morgan fingerprint density at radius 3 is 2.14 bits per heavy atom. The smallest absolute Gasteiger partial charge is 0.243 e. The van der Waals surface area contributed by atoms with E-state index < -0.39 is 6.04 Å². The van der Waals surface area contributed by atoms with E-state index in [1.165, 1.54) is 11.8 Å². The Bertz CT molecular complexity index is 1130. The largest absolute Gasteiger partial charge is 0.352 e. The van der Waals surface area contributed by atoms with Crippen LogP contribution in [0.1, 0.15) is 36.1 Å². The second kappa shape index (κ2) is 13.7. The highest BCUT2D eigenvalue weighted by atomic mass is 35.5. The molecule has 0 fully saturated rings. The van der Waals surface area contributed by atoms with E-state index in [2.05, 4.69) is 5.32 Å². The second-order valence-corrected chi connectivity index (χ2v) is 10.9. The molecule has 4 nitrogen and oxygen atoms in total. The quantitative estimate of drug-likeness (QED) is 0.293. The monoisotopic (exact) mass is 542 g/mol. The third-order valence-corrected chi connectivity index (χ3v) is 7.36. The molecule has 1 N–H and O–H groups in total. The van der Waals surface area contributed by atoms with Crippen LogP contribution in [0.3, 0.4) is 0 Å². The average molecular weight is 544 g/mol. The van der Waals surface area contributed by atoms with Crippen LogP contribution < -0.4 is 5.32 Å². The number of nitrogens with zero attached hydrogens (tertiary/aromatic N) is 1. The zero-order chi connectivity index (χ0) is 26.1. The van der Waals surface area contributed by atoms with Gasteiger partial charge in [-0.25, -0.2) is 0 Å².